The number of nitrogens with zero attached hydrogens (tertiary/aromatic N) is 4. The highest BCUT2D eigenvalue weighted by molar-refractivity contribution is 8.16. The van der Waals surface area contributed by atoms with Crippen LogP contribution in [0.15, 0.2) is 45.6 Å². The molecule has 3 aliphatic heterocycles. The Labute approximate surface area is 211 Å². The second kappa shape index (κ2) is 11.0. The van der Waals surface area contributed by atoms with E-state index in [2.05, 4.69) is 48.9 Å². The van der Waals surface area contributed by atoms with E-state index in [0.717, 1.165) is 53.7 Å². The topological polar surface area (TPSA) is 74.7 Å². The van der Waals surface area contributed by atoms with Crippen LogP contribution in [0, 0.1) is 13.8 Å². The first-order valence-electron chi connectivity index (χ1n) is 11.9. The van der Waals surface area contributed by atoms with Crippen molar-refractivity contribution >= 4 is 28.8 Å². The van der Waals surface area contributed by atoms with Gasteiger partial charge in [-0.15, -0.1) is 0 Å². The number of hydrogen-bond acceptors (Lipinski definition) is 8. The summed E-state index contributed by atoms with van der Waals surface area (Å²) in [4.78, 5) is 37.5. The van der Waals surface area contributed by atoms with Gasteiger partial charge in [-0.05, 0) is 44.4 Å². The van der Waals surface area contributed by atoms with Crippen molar-refractivity contribution < 1.29 is 19.1 Å². The number of likely N-dealkylation sites (N-methyl/N-ethyl adjacent to an activating group) is 1. The van der Waals surface area contributed by atoms with Crippen LogP contribution in [-0.2, 0) is 19.1 Å². The zero-order valence-corrected chi connectivity index (χ0v) is 22.0. The number of hydrogen-bond donors (Lipinski definition) is 0. The third kappa shape index (κ3) is 5.47. The van der Waals surface area contributed by atoms with Crippen molar-refractivity contribution in [3.63, 3.8) is 0 Å². The number of fused-ring (bicyclic) bond motifs is 1. The fraction of sp³-hybridized carbons (Fsp3) is 0.500. The molecular formula is C26H34N4O4S. The van der Waals surface area contributed by atoms with Crippen molar-refractivity contribution in [1.29, 1.82) is 0 Å². The molecule has 0 aromatic heterocycles. The van der Waals surface area contributed by atoms with Gasteiger partial charge in [0.05, 0.1) is 30.3 Å². The summed E-state index contributed by atoms with van der Waals surface area (Å²) >= 11 is 1.50. The Morgan fingerprint density at radius 3 is 2.54 bits per heavy atom. The molecule has 0 aliphatic carbocycles. The second-order valence-electron chi connectivity index (χ2n) is 9.24. The summed E-state index contributed by atoms with van der Waals surface area (Å²) in [6, 6.07) is 5.82. The van der Waals surface area contributed by atoms with Crippen LogP contribution in [0.3, 0.4) is 0 Å². The highest BCUT2D eigenvalue weighted by Gasteiger charge is 2.42. The smallest absolute Gasteiger partial charge is 0.338 e. The molecule has 0 saturated carbocycles. The number of amides is 1. The van der Waals surface area contributed by atoms with Crippen LogP contribution < -0.4 is 0 Å². The van der Waals surface area contributed by atoms with Gasteiger partial charge in [0.2, 0.25) is 5.91 Å². The van der Waals surface area contributed by atoms with E-state index in [1.807, 2.05) is 17.2 Å². The van der Waals surface area contributed by atoms with Gasteiger partial charge in [-0.1, -0.05) is 35.5 Å². The molecule has 0 unspecified atom stereocenters. The lowest BCUT2D eigenvalue weighted by Crippen LogP contribution is -2.47. The third-order valence-corrected chi connectivity index (χ3v) is 7.54. The molecule has 4 rings (SSSR count). The highest BCUT2D eigenvalue weighted by atomic mass is 32.2. The van der Waals surface area contributed by atoms with Crippen LogP contribution in [0.2, 0.25) is 0 Å². The number of ether oxygens (including phenoxy) is 2. The number of rotatable bonds is 7. The van der Waals surface area contributed by atoms with Gasteiger partial charge in [-0.2, -0.15) is 0 Å². The SMILES string of the molecule is COCCOC(=O)C1=C(C)N=C2SC=C(CC(=O)N3CCN(C)CC3)N2[C@@H]1c1ccc(C)cc1C. The van der Waals surface area contributed by atoms with Crippen LogP contribution in [0.5, 0.6) is 0 Å². The molecule has 188 valence electrons. The first kappa shape index (κ1) is 25.5. The van der Waals surface area contributed by atoms with Gasteiger partial charge in [-0.25, -0.2) is 9.79 Å². The summed E-state index contributed by atoms with van der Waals surface area (Å²) in [6.45, 7) is 9.66. The Hall–Kier alpha value is -2.62. The van der Waals surface area contributed by atoms with E-state index in [1.165, 1.54) is 11.8 Å². The van der Waals surface area contributed by atoms with Crippen LogP contribution in [0.1, 0.15) is 36.1 Å². The zero-order valence-electron chi connectivity index (χ0n) is 21.2. The van der Waals surface area contributed by atoms with Gasteiger partial charge in [0, 0.05) is 39.0 Å². The predicted molar refractivity (Wildman–Crippen MR) is 138 cm³/mol. The standard InChI is InChI=1S/C26H34N4O4S/c1-17-6-7-21(18(2)14-17)24-23(25(32)34-13-12-33-5)19(3)27-26-30(24)20(16-35-26)15-22(31)29-10-8-28(4)9-11-29/h6-7,14,16,24H,8-13,15H2,1-5H3/t24-/m1/s1. The Morgan fingerprint density at radius 2 is 1.86 bits per heavy atom. The molecule has 8 nitrogen and oxygen atoms in total. The molecule has 9 heteroatoms. The number of benzene rings is 1. The minimum Gasteiger partial charge on any atom is -0.460 e. The van der Waals surface area contributed by atoms with Gasteiger partial charge in [-0.3, -0.25) is 4.79 Å². The molecular weight excluding hydrogens is 464 g/mol. The monoisotopic (exact) mass is 498 g/mol. The third-order valence-electron chi connectivity index (χ3n) is 6.65. The normalized spacial score (nSPS) is 20.5. The van der Waals surface area contributed by atoms with Crippen molar-refractivity contribution in [1.82, 2.24) is 14.7 Å². The lowest BCUT2D eigenvalue weighted by molar-refractivity contribution is -0.141. The molecule has 1 amide bonds. The largest absolute Gasteiger partial charge is 0.460 e. The predicted octanol–water partition coefficient (Wildman–Crippen LogP) is 3.23. The molecule has 3 aliphatic rings. The van der Waals surface area contributed by atoms with E-state index in [1.54, 1.807) is 7.11 Å². The molecule has 3 heterocycles. The average Bonchev–Trinajstić information content (AvgIpc) is 3.20. The summed E-state index contributed by atoms with van der Waals surface area (Å²) in [5.41, 5.74) is 5.22. The van der Waals surface area contributed by atoms with E-state index in [-0.39, 0.29) is 18.9 Å². The summed E-state index contributed by atoms with van der Waals surface area (Å²) in [5.74, 6) is -0.310. The van der Waals surface area contributed by atoms with Crippen LogP contribution >= 0.6 is 11.8 Å². The van der Waals surface area contributed by atoms with Gasteiger partial charge < -0.3 is 24.2 Å². The van der Waals surface area contributed by atoms with Crippen molar-refractivity contribution in [2.75, 3.05) is 53.6 Å². The molecule has 35 heavy (non-hydrogen) atoms. The molecule has 1 saturated heterocycles. The van der Waals surface area contributed by atoms with E-state index in [9.17, 15) is 9.59 Å². The first-order chi connectivity index (χ1) is 16.8. The Balaban J connectivity index is 1.67. The lowest BCUT2D eigenvalue weighted by Gasteiger charge is -2.38. The van der Waals surface area contributed by atoms with Crippen LogP contribution in [0.25, 0.3) is 0 Å². The van der Waals surface area contributed by atoms with Crippen molar-refractivity contribution in [3.05, 3.63) is 57.3 Å². The number of carbonyl (C=O) groups is 2. The molecule has 0 radical (unpaired) electrons. The molecule has 1 aromatic carbocycles. The molecule has 1 fully saturated rings. The van der Waals surface area contributed by atoms with Gasteiger partial charge in [0.25, 0.3) is 0 Å². The van der Waals surface area contributed by atoms with Crippen molar-refractivity contribution in [2.45, 2.75) is 33.2 Å². The number of esters is 1. The maximum atomic E-state index is 13.3. The molecule has 0 N–H and O–H groups in total. The first-order valence-corrected chi connectivity index (χ1v) is 12.8. The lowest BCUT2D eigenvalue weighted by atomic mass is 9.90. The summed E-state index contributed by atoms with van der Waals surface area (Å²) in [6.07, 6.45) is 0.266. The maximum Gasteiger partial charge on any atom is 0.338 e. The quantitative estimate of drug-likeness (QED) is 0.422. The zero-order chi connectivity index (χ0) is 25.1. The molecule has 1 aromatic rings. The number of methoxy groups -OCH3 is 1. The Morgan fingerprint density at radius 1 is 1.11 bits per heavy atom. The van der Waals surface area contributed by atoms with Crippen LogP contribution in [-0.4, -0.2) is 85.3 Å². The van der Waals surface area contributed by atoms with Crippen LogP contribution in [0.4, 0.5) is 0 Å². The van der Waals surface area contributed by atoms with E-state index < -0.39 is 12.0 Å². The van der Waals surface area contributed by atoms with Crippen molar-refractivity contribution in [3.8, 4) is 0 Å². The number of allylic oxidation sites excluding steroid dienone is 1. The average molecular weight is 499 g/mol. The fourth-order valence-corrected chi connectivity index (χ4v) is 5.64. The summed E-state index contributed by atoms with van der Waals surface area (Å²) in [5, 5.41) is 2.78. The maximum absolute atomic E-state index is 13.3. The fourth-order valence-electron chi connectivity index (χ4n) is 4.68. The molecule has 1 atom stereocenters. The van der Waals surface area contributed by atoms with Gasteiger partial charge in [0.15, 0.2) is 5.17 Å². The number of piperazine rings is 1. The number of thioether (sulfide) groups is 1. The second-order valence-corrected chi connectivity index (χ2v) is 10.1. The highest BCUT2D eigenvalue weighted by Crippen LogP contribution is 2.45. The van der Waals surface area contributed by atoms with Crippen molar-refractivity contribution in [2.24, 2.45) is 4.99 Å². The van der Waals surface area contributed by atoms with E-state index in [4.69, 9.17) is 14.5 Å². The molecule has 0 spiro atoms. The van der Waals surface area contributed by atoms with Gasteiger partial charge >= 0.3 is 5.97 Å². The Kier molecular flexibility index (Phi) is 7.98. The Bertz CT molecular complexity index is 1090. The number of amidine groups is 1. The summed E-state index contributed by atoms with van der Waals surface area (Å²) in [7, 11) is 3.65. The van der Waals surface area contributed by atoms with Gasteiger partial charge in [0.1, 0.15) is 6.61 Å². The number of aryl methyl sites for hydroxylation is 2. The summed E-state index contributed by atoms with van der Waals surface area (Å²) < 4.78 is 10.6. The van der Waals surface area contributed by atoms with E-state index in [0.29, 0.717) is 17.9 Å². The molecule has 0 bridgehead atoms. The number of carbonyl (C=O) groups excluding carboxylic acids is 2. The minimum atomic E-state index is -0.417. The number of aliphatic imine (C=N–C) groups is 1. The van der Waals surface area contributed by atoms with E-state index >= 15 is 0 Å². The minimum absolute atomic E-state index is 0.0982.